The van der Waals surface area contributed by atoms with Crippen molar-refractivity contribution in [1.82, 2.24) is 9.80 Å². The van der Waals surface area contributed by atoms with Crippen LogP contribution in [0.15, 0.2) is 53.9 Å². The van der Waals surface area contributed by atoms with Crippen LogP contribution in [-0.2, 0) is 22.5 Å². The van der Waals surface area contributed by atoms with Crippen molar-refractivity contribution in [1.29, 1.82) is 0 Å². The van der Waals surface area contributed by atoms with Gasteiger partial charge in [0.2, 0.25) is 5.91 Å². The highest BCUT2D eigenvalue weighted by Crippen LogP contribution is 2.28. The first-order valence-electron chi connectivity index (χ1n) is 12.4. The van der Waals surface area contributed by atoms with Crippen LogP contribution in [0.2, 0.25) is 0 Å². The molecule has 0 aliphatic heterocycles. The van der Waals surface area contributed by atoms with E-state index < -0.39 is 5.82 Å². The van der Waals surface area contributed by atoms with Gasteiger partial charge in [-0.05, 0) is 72.7 Å². The first kappa shape index (κ1) is 29.1. The van der Waals surface area contributed by atoms with E-state index in [2.05, 4.69) is 0 Å². The van der Waals surface area contributed by atoms with Crippen LogP contribution in [0.25, 0.3) is 0 Å². The number of thiophene rings is 1. The average Bonchev–Trinajstić information content (AvgIpc) is 3.33. The zero-order valence-electron chi connectivity index (χ0n) is 22.4. The van der Waals surface area contributed by atoms with Crippen LogP contribution in [-0.4, -0.2) is 69.2 Å². The van der Waals surface area contributed by atoms with E-state index in [9.17, 15) is 14.0 Å². The molecule has 0 spiro atoms. The summed E-state index contributed by atoms with van der Waals surface area (Å²) in [7, 11) is 4.76. The number of methoxy groups -OCH3 is 3. The fourth-order valence-electron chi connectivity index (χ4n) is 4.05. The van der Waals surface area contributed by atoms with Crippen LogP contribution >= 0.6 is 11.3 Å². The molecule has 1 aromatic heterocycles. The van der Waals surface area contributed by atoms with Crippen molar-refractivity contribution < 1.29 is 28.2 Å². The van der Waals surface area contributed by atoms with Crippen molar-refractivity contribution in [2.75, 3.05) is 47.6 Å². The number of hydrogen-bond acceptors (Lipinski definition) is 6. The van der Waals surface area contributed by atoms with Crippen LogP contribution in [0.4, 0.5) is 4.39 Å². The van der Waals surface area contributed by atoms with E-state index in [1.165, 1.54) is 23.1 Å². The van der Waals surface area contributed by atoms with E-state index in [4.69, 9.17) is 14.2 Å². The third-order valence-corrected chi connectivity index (χ3v) is 7.24. The molecule has 0 saturated carbocycles. The highest BCUT2D eigenvalue weighted by molar-refractivity contribution is 7.10. The number of benzene rings is 2. The molecule has 3 rings (SSSR count). The molecule has 0 radical (unpaired) electrons. The molecule has 204 valence electrons. The van der Waals surface area contributed by atoms with E-state index in [1.54, 1.807) is 43.6 Å². The number of nitrogens with zero attached hydrogens (tertiary/aromatic N) is 2. The van der Waals surface area contributed by atoms with E-state index in [-0.39, 0.29) is 23.9 Å². The quantitative estimate of drug-likeness (QED) is 0.269. The molecule has 1 heterocycles. The van der Waals surface area contributed by atoms with Gasteiger partial charge in [0.1, 0.15) is 12.4 Å². The molecular weight excluding hydrogens is 507 g/mol. The number of hydrogen-bond donors (Lipinski definition) is 0. The van der Waals surface area contributed by atoms with Crippen molar-refractivity contribution in [3.8, 4) is 11.5 Å². The molecule has 0 N–H and O–H groups in total. The van der Waals surface area contributed by atoms with E-state index in [0.717, 1.165) is 16.0 Å². The lowest BCUT2D eigenvalue weighted by Crippen LogP contribution is -2.44. The van der Waals surface area contributed by atoms with Crippen molar-refractivity contribution in [2.24, 2.45) is 0 Å². The van der Waals surface area contributed by atoms with Gasteiger partial charge in [0.15, 0.2) is 11.5 Å². The lowest BCUT2D eigenvalue weighted by molar-refractivity contribution is -0.132. The Bertz CT molecular complexity index is 1220. The van der Waals surface area contributed by atoms with Gasteiger partial charge < -0.3 is 24.0 Å². The Morgan fingerprint density at radius 3 is 2.39 bits per heavy atom. The molecule has 0 atom stereocenters. The maximum Gasteiger partial charge on any atom is 0.254 e. The predicted octanol–water partition coefficient (Wildman–Crippen LogP) is 4.96. The Hall–Kier alpha value is -3.43. The van der Waals surface area contributed by atoms with Gasteiger partial charge in [0.25, 0.3) is 5.91 Å². The van der Waals surface area contributed by atoms with Crippen LogP contribution in [0.1, 0.15) is 32.8 Å². The highest BCUT2D eigenvalue weighted by Gasteiger charge is 2.23. The Kier molecular flexibility index (Phi) is 11.1. The molecule has 7 nitrogen and oxygen atoms in total. The topological polar surface area (TPSA) is 68.3 Å². The van der Waals surface area contributed by atoms with Gasteiger partial charge in [-0.25, -0.2) is 4.39 Å². The molecule has 2 aromatic carbocycles. The molecule has 0 aliphatic rings. The Morgan fingerprint density at radius 2 is 1.74 bits per heavy atom. The van der Waals surface area contributed by atoms with Crippen molar-refractivity contribution in [2.45, 2.75) is 26.3 Å². The number of rotatable bonds is 14. The highest BCUT2D eigenvalue weighted by atomic mass is 32.1. The van der Waals surface area contributed by atoms with Crippen LogP contribution < -0.4 is 9.47 Å². The minimum atomic E-state index is -0.497. The minimum absolute atomic E-state index is 0.116. The molecule has 0 fully saturated rings. The summed E-state index contributed by atoms with van der Waals surface area (Å²) in [6, 6.07) is 13.3. The number of ether oxygens (including phenoxy) is 3. The third-order valence-electron chi connectivity index (χ3n) is 6.24. The Morgan fingerprint density at radius 1 is 0.947 bits per heavy atom. The molecular formula is C29H35FN2O5S. The summed E-state index contributed by atoms with van der Waals surface area (Å²) < 4.78 is 29.7. The summed E-state index contributed by atoms with van der Waals surface area (Å²) in [6.45, 7) is 3.55. The molecule has 3 aromatic rings. The molecule has 0 bridgehead atoms. The summed E-state index contributed by atoms with van der Waals surface area (Å²) in [5.74, 6) is 0.202. The zero-order valence-corrected chi connectivity index (χ0v) is 23.2. The molecule has 0 saturated heterocycles. The predicted molar refractivity (Wildman–Crippen MR) is 147 cm³/mol. The average molecular weight is 543 g/mol. The van der Waals surface area contributed by atoms with Crippen LogP contribution in [0.3, 0.4) is 0 Å². The van der Waals surface area contributed by atoms with Gasteiger partial charge in [-0.15, -0.1) is 11.3 Å². The summed E-state index contributed by atoms with van der Waals surface area (Å²) in [4.78, 5) is 31.3. The third kappa shape index (κ3) is 8.03. The number of carbonyl (C=O) groups is 2. The Balaban J connectivity index is 1.80. The molecule has 2 amide bonds. The summed E-state index contributed by atoms with van der Waals surface area (Å²) in [5, 5.41) is 2.01. The lowest BCUT2D eigenvalue weighted by Gasteiger charge is -2.28. The van der Waals surface area contributed by atoms with Crippen molar-refractivity contribution >= 4 is 23.2 Å². The zero-order chi connectivity index (χ0) is 27.5. The second kappa shape index (κ2) is 14.5. The van der Waals surface area contributed by atoms with Gasteiger partial charge in [-0.1, -0.05) is 12.1 Å². The smallest absolute Gasteiger partial charge is 0.254 e. The van der Waals surface area contributed by atoms with Gasteiger partial charge in [-0.3, -0.25) is 9.59 Å². The minimum Gasteiger partial charge on any atom is -0.493 e. The van der Waals surface area contributed by atoms with Gasteiger partial charge in [0, 0.05) is 37.2 Å². The normalized spacial score (nSPS) is 10.8. The first-order chi connectivity index (χ1) is 18.4. The number of aryl methyl sites for hydroxylation is 1. The fraction of sp³-hybridized carbons (Fsp3) is 0.379. The van der Waals surface area contributed by atoms with E-state index in [0.29, 0.717) is 50.6 Å². The van der Waals surface area contributed by atoms with E-state index in [1.807, 2.05) is 36.6 Å². The second-order valence-corrected chi connectivity index (χ2v) is 9.87. The monoisotopic (exact) mass is 542 g/mol. The lowest BCUT2D eigenvalue weighted by atomic mass is 10.1. The summed E-state index contributed by atoms with van der Waals surface area (Å²) >= 11 is 1.60. The van der Waals surface area contributed by atoms with Crippen molar-refractivity contribution in [3.63, 3.8) is 0 Å². The summed E-state index contributed by atoms with van der Waals surface area (Å²) in [5.41, 5.74) is 2.32. The standard InChI is InChI=1S/C29H35FN2O5S/c1-21-12-16-38-27(21)19-31(14-11-22-9-10-25(36-3)26(17-22)37-4)28(33)20-32(13-6-15-35-2)29(34)23-7-5-8-24(30)18-23/h5,7-10,12,16-18H,6,11,13-15,19-20H2,1-4H3. The fourth-order valence-corrected chi connectivity index (χ4v) is 4.97. The van der Waals surface area contributed by atoms with Crippen LogP contribution in [0, 0.1) is 12.7 Å². The second-order valence-electron chi connectivity index (χ2n) is 8.86. The largest absolute Gasteiger partial charge is 0.493 e. The first-order valence-corrected chi connectivity index (χ1v) is 13.3. The number of amides is 2. The molecule has 0 aliphatic carbocycles. The molecule has 38 heavy (non-hydrogen) atoms. The van der Waals surface area contributed by atoms with Gasteiger partial charge >= 0.3 is 0 Å². The number of halogens is 1. The molecule has 0 unspecified atom stereocenters. The summed E-state index contributed by atoms with van der Waals surface area (Å²) in [6.07, 6.45) is 1.15. The SMILES string of the molecule is COCCCN(CC(=O)N(CCc1ccc(OC)c(OC)c1)Cc1sccc1C)C(=O)c1cccc(F)c1. The van der Waals surface area contributed by atoms with Crippen molar-refractivity contribution in [3.05, 3.63) is 81.3 Å². The van der Waals surface area contributed by atoms with Gasteiger partial charge in [-0.2, -0.15) is 0 Å². The molecule has 9 heteroatoms. The number of carbonyl (C=O) groups excluding carboxylic acids is 2. The van der Waals surface area contributed by atoms with Crippen LogP contribution in [0.5, 0.6) is 11.5 Å². The Labute approximate surface area is 227 Å². The maximum atomic E-state index is 13.8. The van der Waals surface area contributed by atoms with E-state index >= 15 is 0 Å². The maximum absolute atomic E-state index is 13.8. The van der Waals surface area contributed by atoms with Gasteiger partial charge in [0.05, 0.1) is 20.8 Å².